The first-order chi connectivity index (χ1) is 7.98. The lowest BCUT2D eigenvalue weighted by Crippen LogP contribution is -2.26. The van der Waals surface area contributed by atoms with Crippen LogP contribution >= 0.6 is 12.4 Å². The molecular formula is C15H22ClFO. The van der Waals surface area contributed by atoms with Crippen molar-refractivity contribution in [2.24, 2.45) is 11.3 Å². The maximum Gasteiger partial charge on any atom is 0.123 e. The zero-order valence-corrected chi connectivity index (χ0v) is 11.8. The van der Waals surface area contributed by atoms with E-state index in [0.29, 0.717) is 11.0 Å². The summed E-state index contributed by atoms with van der Waals surface area (Å²) < 4.78 is 13.1. The minimum absolute atomic E-state index is 0. The Hall–Kier alpha value is -0.600. The smallest absolute Gasteiger partial charge is 0.123 e. The molecule has 0 spiro atoms. The van der Waals surface area contributed by atoms with Gasteiger partial charge in [0.1, 0.15) is 5.82 Å². The highest BCUT2D eigenvalue weighted by molar-refractivity contribution is 5.85. The van der Waals surface area contributed by atoms with Crippen LogP contribution in [0.15, 0.2) is 24.3 Å². The number of halogens is 2. The van der Waals surface area contributed by atoms with Crippen molar-refractivity contribution >= 4 is 12.4 Å². The quantitative estimate of drug-likeness (QED) is 0.841. The molecule has 0 aliphatic heterocycles. The average Bonchev–Trinajstić information content (AvgIpc) is 2.26. The van der Waals surface area contributed by atoms with E-state index in [0.717, 1.165) is 19.3 Å². The molecule has 1 aromatic rings. The monoisotopic (exact) mass is 272 g/mol. The number of rotatable bonds is 2. The first kappa shape index (κ1) is 15.5. The lowest BCUT2D eigenvalue weighted by molar-refractivity contribution is 0.0458. The van der Waals surface area contributed by atoms with E-state index in [9.17, 15) is 9.50 Å². The Morgan fingerprint density at radius 3 is 2.72 bits per heavy atom. The first-order valence-corrected chi connectivity index (χ1v) is 6.41. The summed E-state index contributed by atoms with van der Waals surface area (Å²) in [6, 6.07) is 6.35. The lowest BCUT2D eigenvalue weighted by atomic mass is 9.70. The highest BCUT2D eigenvalue weighted by Gasteiger charge is 2.32. The third-order valence-electron chi connectivity index (χ3n) is 3.88. The van der Waals surface area contributed by atoms with Gasteiger partial charge in [0.05, 0.1) is 6.10 Å². The lowest BCUT2D eigenvalue weighted by Gasteiger charge is -2.37. The topological polar surface area (TPSA) is 20.2 Å². The van der Waals surface area contributed by atoms with Gasteiger partial charge in [-0.15, -0.1) is 12.4 Å². The maximum absolute atomic E-state index is 13.1. The third-order valence-corrected chi connectivity index (χ3v) is 3.88. The molecule has 0 amide bonds. The van der Waals surface area contributed by atoms with Gasteiger partial charge in [0.25, 0.3) is 0 Å². The van der Waals surface area contributed by atoms with Gasteiger partial charge in [-0.3, -0.25) is 0 Å². The van der Waals surface area contributed by atoms with Crippen LogP contribution in [0.25, 0.3) is 0 Å². The summed E-state index contributed by atoms with van der Waals surface area (Å²) in [6.45, 7) is 4.49. The molecule has 1 aliphatic rings. The molecule has 0 unspecified atom stereocenters. The zero-order valence-electron chi connectivity index (χ0n) is 11.0. The van der Waals surface area contributed by atoms with Crippen LogP contribution in [-0.2, 0) is 0 Å². The third kappa shape index (κ3) is 3.69. The summed E-state index contributed by atoms with van der Waals surface area (Å²) in [4.78, 5) is 0. The van der Waals surface area contributed by atoms with Crippen LogP contribution in [0.4, 0.5) is 4.39 Å². The molecule has 0 bridgehead atoms. The van der Waals surface area contributed by atoms with E-state index >= 15 is 0 Å². The Bertz CT molecular complexity index is 392. The van der Waals surface area contributed by atoms with Gasteiger partial charge in [-0.2, -0.15) is 0 Å². The molecule has 3 heteroatoms. The number of hydrogen-bond acceptors (Lipinski definition) is 1. The molecule has 0 radical (unpaired) electrons. The van der Waals surface area contributed by atoms with Crippen molar-refractivity contribution in [3.63, 3.8) is 0 Å². The normalized spacial score (nSPS) is 24.1. The number of aliphatic hydroxyl groups excluding tert-OH is 1. The molecule has 1 N–H and O–H groups in total. The van der Waals surface area contributed by atoms with Gasteiger partial charge >= 0.3 is 0 Å². The molecule has 1 nitrogen and oxygen atoms in total. The Morgan fingerprint density at radius 2 is 2.11 bits per heavy atom. The second-order valence-corrected chi connectivity index (χ2v) is 6.02. The number of hydrogen-bond donors (Lipinski definition) is 1. The van der Waals surface area contributed by atoms with Crippen LogP contribution in [-0.4, -0.2) is 5.11 Å². The van der Waals surface area contributed by atoms with Crippen molar-refractivity contribution in [3.8, 4) is 0 Å². The van der Waals surface area contributed by atoms with Crippen LogP contribution in [0, 0.1) is 17.2 Å². The maximum atomic E-state index is 13.1. The molecule has 102 valence electrons. The predicted molar refractivity (Wildman–Crippen MR) is 74.3 cm³/mol. The van der Waals surface area contributed by atoms with E-state index in [-0.39, 0.29) is 24.1 Å². The molecular weight excluding hydrogens is 251 g/mol. The van der Waals surface area contributed by atoms with Crippen molar-refractivity contribution in [2.75, 3.05) is 0 Å². The second-order valence-electron chi connectivity index (χ2n) is 6.02. The second kappa shape index (κ2) is 6.03. The van der Waals surface area contributed by atoms with Gasteiger partial charge in [-0.25, -0.2) is 4.39 Å². The molecule has 2 rings (SSSR count). The summed E-state index contributed by atoms with van der Waals surface area (Å²) in [7, 11) is 0. The summed E-state index contributed by atoms with van der Waals surface area (Å²) >= 11 is 0. The largest absolute Gasteiger partial charge is 0.388 e. The molecule has 0 saturated heterocycles. The van der Waals surface area contributed by atoms with E-state index in [1.54, 1.807) is 6.07 Å². The van der Waals surface area contributed by atoms with Crippen LogP contribution < -0.4 is 0 Å². The highest BCUT2D eigenvalue weighted by Crippen LogP contribution is 2.43. The average molecular weight is 273 g/mol. The van der Waals surface area contributed by atoms with Crippen molar-refractivity contribution in [1.29, 1.82) is 0 Å². The Morgan fingerprint density at radius 1 is 1.39 bits per heavy atom. The van der Waals surface area contributed by atoms with Gasteiger partial charge < -0.3 is 5.11 Å². The van der Waals surface area contributed by atoms with Crippen LogP contribution in [0.3, 0.4) is 0 Å². The standard InChI is InChI=1S/C15H21FO.ClH/c1-15(2)8-4-6-12(10-15)14(17)11-5-3-7-13(16)9-11;/h3,5,7,9,12,14,17H,4,6,8,10H2,1-2H3;1H/t12-,14+;/m1./s1. The van der Waals surface area contributed by atoms with Crippen molar-refractivity contribution in [3.05, 3.63) is 35.6 Å². The van der Waals surface area contributed by atoms with E-state index in [4.69, 9.17) is 0 Å². The fourth-order valence-corrected chi connectivity index (χ4v) is 2.99. The van der Waals surface area contributed by atoms with Gasteiger partial charge in [0.15, 0.2) is 0 Å². The molecule has 18 heavy (non-hydrogen) atoms. The van der Waals surface area contributed by atoms with E-state index in [1.807, 2.05) is 6.07 Å². The minimum Gasteiger partial charge on any atom is -0.388 e. The van der Waals surface area contributed by atoms with Crippen molar-refractivity contribution in [2.45, 2.75) is 45.6 Å². The Balaban J connectivity index is 0.00000162. The SMILES string of the molecule is CC1(C)CCC[C@@H]([C@@H](O)c2cccc(F)c2)C1.Cl. The minimum atomic E-state index is -0.523. The van der Waals surface area contributed by atoms with Crippen LogP contribution in [0.2, 0.25) is 0 Å². The number of aliphatic hydroxyl groups is 1. The van der Waals surface area contributed by atoms with Crippen molar-refractivity contribution in [1.82, 2.24) is 0 Å². The summed E-state index contributed by atoms with van der Waals surface area (Å²) in [5, 5.41) is 10.3. The molecule has 2 atom stereocenters. The van der Waals surface area contributed by atoms with Crippen molar-refractivity contribution < 1.29 is 9.50 Å². The molecule has 1 aromatic carbocycles. The molecule has 0 heterocycles. The molecule has 0 aromatic heterocycles. The van der Waals surface area contributed by atoms with Crippen LogP contribution in [0.1, 0.15) is 51.2 Å². The van der Waals surface area contributed by atoms with E-state index in [1.165, 1.54) is 18.6 Å². The van der Waals surface area contributed by atoms with Gasteiger partial charge in [-0.05, 0) is 48.3 Å². The molecule has 1 fully saturated rings. The van der Waals surface area contributed by atoms with E-state index in [2.05, 4.69) is 13.8 Å². The Labute approximate surface area is 115 Å². The zero-order chi connectivity index (χ0) is 12.5. The first-order valence-electron chi connectivity index (χ1n) is 6.41. The fourth-order valence-electron chi connectivity index (χ4n) is 2.99. The molecule has 1 saturated carbocycles. The summed E-state index contributed by atoms with van der Waals surface area (Å²) in [6.07, 6.45) is 3.92. The summed E-state index contributed by atoms with van der Waals surface area (Å²) in [5.41, 5.74) is 1.02. The van der Waals surface area contributed by atoms with Gasteiger partial charge in [0.2, 0.25) is 0 Å². The van der Waals surface area contributed by atoms with E-state index < -0.39 is 6.10 Å². The van der Waals surface area contributed by atoms with Crippen LogP contribution in [0.5, 0.6) is 0 Å². The summed E-state index contributed by atoms with van der Waals surface area (Å²) in [5.74, 6) is -0.00262. The molecule has 1 aliphatic carbocycles. The Kier molecular flexibility index (Phi) is 5.18. The highest BCUT2D eigenvalue weighted by atomic mass is 35.5. The van der Waals surface area contributed by atoms with Gasteiger partial charge in [-0.1, -0.05) is 32.4 Å². The number of benzene rings is 1. The van der Waals surface area contributed by atoms with Gasteiger partial charge in [0, 0.05) is 0 Å². The predicted octanol–water partition coefficient (Wildman–Crippen LogP) is 4.50. The fraction of sp³-hybridized carbons (Fsp3) is 0.600.